The van der Waals surface area contributed by atoms with E-state index in [1.807, 2.05) is 19.1 Å². The molecule has 0 aliphatic heterocycles. The predicted octanol–water partition coefficient (Wildman–Crippen LogP) is 4.08. The van der Waals surface area contributed by atoms with E-state index in [4.69, 9.17) is 11.6 Å². The highest BCUT2D eigenvalue weighted by molar-refractivity contribution is 6.31. The number of carbonyl (C=O) groups excluding carboxylic acids is 1. The molecule has 0 saturated carbocycles. The number of aryl methyl sites for hydroxylation is 1. The van der Waals surface area contributed by atoms with Crippen molar-refractivity contribution in [3.63, 3.8) is 0 Å². The molecule has 20 heavy (non-hydrogen) atoms. The minimum absolute atomic E-state index is 0.235. The monoisotopic (exact) mass is 292 g/mol. The third-order valence-electron chi connectivity index (χ3n) is 2.81. The van der Waals surface area contributed by atoms with Crippen molar-refractivity contribution >= 4 is 28.9 Å². The lowest BCUT2D eigenvalue weighted by Crippen LogP contribution is -2.14. The highest BCUT2D eigenvalue weighted by Crippen LogP contribution is 2.21. The molecule has 0 fully saturated rings. The van der Waals surface area contributed by atoms with Crippen molar-refractivity contribution in [2.75, 3.05) is 17.7 Å². The zero-order chi connectivity index (χ0) is 14.7. The molecule has 0 aliphatic carbocycles. The van der Waals surface area contributed by atoms with E-state index >= 15 is 0 Å². The van der Waals surface area contributed by atoms with Crippen LogP contribution in [0.25, 0.3) is 0 Å². The summed E-state index contributed by atoms with van der Waals surface area (Å²) in [4.78, 5) is 12.3. The van der Waals surface area contributed by atoms with Crippen molar-refractivity contribution in [3.05, 3.63) is 58.4 Å². The van der Waals surface area contributed by atoms with Gasteiger partial charge in [-0.3, -0.25) is 4.79 Å². The van der Waals surface area contributed by atoms with Gasteiger partial charge in [-0.1, -0.05) is 23.2 Å². The standard InChI is InChI=1S/C15H14ClFN2O/c1-9-3-4-14(18-2)13(5-9)15(20)19-12-7-10(16)6-11(17)8-12/h3-8,18H,1-2H3,(H,19,20). The first-order valence-electron chi connectivity index (χ1n) is 6.05. The third kappa shape index (κ3) is 3.27. The Morgan fingerprint density at radius 2 is 1.95 bits per heavy atom. The Bertz CT molecular complexity index is 638. The second kappa shape index (κ2) is 5.92. The normalized spacial score (nSPS) is 10.2. The highest BCUT2D eigenvalue weighted by Gasteiger charge is 2.12. The van der Waals surface area contributed by atoms with E-state index in [2.05, 4.69) is 10.6 Å². The number of halogens is 2. The smallest absolute Gasteiger partial charge is 0.257 e. The van der Waals surface area contributed by atoms with Gasteiger partial charge in [-0.15, -0.1) is 0 Å². The van der Waals surface area contributed by atoms with Crippen LogP contribution in [0.1, 0.15) is 15.9 Å². The number of hydrogen-bond acceptors (Lipinski definition) is 2. The minimum atomic E-state index is -0.495. The Balaban J connectivity index is 2.30. The van der Waals surface area contributed by atoms with E-state index in [9.17, 15) is 9.18 Å². The molecular weight excluding hydrogens is 279 g/mol. The Morgan fingerprint density at radius 3 is 2.60 bits per heavy atom. The Morgan fingerprint density at radius 1 is 1.20 bits per heavy atom. The van der Waals surface area contributed by atoms with Crippen LogP contribution < -0.4 is 10.6 Å². The Labute approximate surface area is 121 Å². The van der Waals surface area contributed by atoms with E-state index < -0.39 is 5.82 Å². The molecular formula is C15H14ClFN2O. The van der Waals surface area contributed by atoms with E-state index in [-0.39, 0.29) is 10.9 Å². The third-order valence-corrected chi connectivity index (χ3v) is 3.03. The molecule has 0 atom stereocenters. The summed E-state index contributed by atoms with van der Waals surface area (Å²) >= 11 is 5.76. The summed E-state index contributed by atoms with van der Waals surface area (Å²) in [6.45, 7) is 1.90. The summed E-state index contributed by atoms with van der Waals surface area (Å²) in [5, 5.41) is 5.82. The van der Waals surface area contributed by atoms with Crippen molar-refractivity contribution in [1.29, 1.82) is 0 Å². The minimum Gasteiger partial charge on any atom is -0.387 e. The predicted molar refractivity (Wildman–Crippen MR) is 80.1 cm³/mol. The first-order valence-corrected chi connectivity index (χ1v) is 6.43. The van der Waals surface area contributed by atoms with Gasteiger partial charge >= 0.3 is 0 Å². The van der Waals surface area contributed by atoms with Crippen LogP contribution in [0.15, 0.2) is 36.4 Å². The Hall–Kier alpha value is -2.07. The van der Waals surface area contributed by atoms with Crippen LogP contribution in [0.5, 0.6) is 0 Å². The van der Waals surface area contributed by atoms with E-state index in [1.54, 1.807) is 13.1 Å². The van der Waals surface area contributed by atoms with Gasteiger partial charge in [0.25, 0.3) is 5.91 Å². The lowest BCUT2D eigenvalue weighted by Gasteiger charge is -2.11. The summed E-state index contributed by atoms with van der Waals surface area (Å²) in [5.41, 5.74) is 2.48. The molecule has 0 bridgehead atoms. The molecule has 1 amide bonds. The molecule has 0 saturated heterocycles. The van der Waals surface area contributed by atoms with Gasteiger partial charge in [0.05, 0.1) is 5.56 Å². The van der Waals surface area contributed by atoms with E-state index in [0.717, 1.165) is 5.56 Å². The zero-order valence-electron chi connectivity index (χ0n) is 11.1. The summed E-state index contributed by atoms with van der Waals surface area (Å²) in [6, 6.07) is 9.39. The summed E-state index contributed by atoms with van der Waals surface area (Å²) in [7, 11) is 1.74. The zero-order valence-corrected chi connectivity index (χ0v) is 11.9. The van der Waals surface area contributed by atoms with Crippen LogP contribution in [-0.2, 0) is 0 Å². The molecule has 2 N–H and O–H groups in total. The molecule has 0 aromatic heterocycles. The van der Waals surface area contributed by atoms with Crippen LogP contribution in [-0.4, -0.2) is 13.0 Å². The summed E-state index contributed by atoms with van der Waals surface area (Å²) in [6.07, 6.45) is 0. The fraction of sp³-hybridized carbons (Fsp3) is 0.133. The molecule has 104 valence electrons. The van der Waals surface area contributed by atoms with E-state index in [1.165, 1.54) is 18.2 Å². The SMILES string of the molecule is CNc1ccc(C)cc1C(=O)Nc1cc(F)cc(Cl)c1. The largest absolute Gasteiger partial charge is 0.387 e. The van der Waals surface area contributed by atoms with Gasteiger partial charge in [0.15, 0.2) is 0 Å². The molecule has 0 spiro atoms. The maximum absolute atomic E-state index is 13.2. The van der Waals surface area contributed by atoms with Crippen molar-refractivity contribution in [3.8, 4) is 0 Å². The molecule has 0 aliphatic rings. The van der Waals surface area contributed by atoms with Crippen molar-refractivity contribution in [2.45, 2.75) is 6.92 Å². The fourth-order valence-corrected chi connectivity index (χ4v) is 2.11. The molecule has 0 radical (unpaired) electrons. The lowest BCUT2D eigenvalue weighted by atomic mass is 10.1. The van der Waals surface area contributed by atoms with Crippen LogP contribution >= 0.6 is 11.6 Å². The van der Waals surface area contributed by atoms with Gasteiger partial charge in [0, 0.05) is 23.4 Å². The van der Waals surface area contributed by atoms with E-state index in [0.29, 0.717) is 16.9 Å². The van der Waals surface area contributed by atoms with Crippen LogP contribution in [0.4, 0.5) is 15.8 Å². The van der Waals surface area contributed by atoms with Crippen LogP contribution in [0, 0.1) is 12.7 Å². The number of carbonyl (C=O) groups is 1. The average molecular weight is 293 g/mol. The second-order valence-corrected chi connectivity index (χ2v) is 4.85. The van der Waals surface area contributed by atoms with Gasteiger partial charge in [-0.2, -0.15) is 0 Å². The molecule has 5 heteroatoms. The van der Waals surface area contributed by atoms with Crippen molar-refractivity contribution < 1.29 is 9.18 Å². The Kier molecular flexibility index (Phi) is 4.25. The second-order valence-electron chi connectivity index (χ2n) is 4.41. The number of benzene rings is 2. The van der Waals surface area contributed by atoms with Crippen LogP contribution in [0.2, 0.25) is 5.02 Å². The van der Waals surface area contributed by atoms with Crippen molar-refractivity contribution in [2.24, 2.45) is 0 Å². The number of nitrogens with one attached hydrogen (secondary N) is 2. The molecule has 2 aromatic carbocycles. The quantitative estimate of drug-likeness (QED) is 0.895. The lowest BCUT2D eigenvalue weighted by molar-refractivity contribution is 0.102. The van der Waals surface area contributed by atoms with Crippen LogP contribution in [0.3, 0.4) is 0 Å². The number of hydrogen-bond donors (Lipinski definition) is 2. The molecule has 2 rings (SSSR count). The van der Waals surface area contributed by atoms with Gasteiger partial charge in [-0.05, 0) is 37.3 Å². The fourth-order valence-electron chi connectivity index (χ4n) is 1.89. The maximum Gasteiger partial charge on any atom is 0.257 e. The van der Waals surface area contributed by atoms with Gasteiger partial charge in [0.1, 0.15) is 5.82 Å². The van der Waals surface area contributed by atoms with Crippen molar-refractivity contribution in [1.82, 2.24) is 0 Å². The number of amides is 1. The first kappa shape index (κ1) is 14.3. The van der Waals surface area contributed by atoms with Gasteiger partial charge in [-0.25, -0.2) is 4.39 Å². The molecule has 3 nitrogen and oxygen atoms in total. The number of anilines is 2. The highest BCUT2D eigenvalue weighted by atomic mass is 35.5. The summed E-state index contributed by atoms with van der Waals surface area (Å²) < 4.78 is 13.2. The molecule has 2 aromatic rings. The summed E-state index contributed by atoms with van der Waals surface area (Å²) in [5.74, 6) is -0.814. The average Bonchev–Trinajstić information content (AvgIpc) is 2.37. The topological polar surface area (TPSA) is 41.1 Å². The van der Waals surface area contributed by atoms with Gasteiger partial charge < -0.3 is 10.6 Å². The molecule has 0 heterocycles. The first-order chi connectivity index (χ1) is 9.49. The van der Waals surface area contributed by atoms with Gasteiger partial charge in [0.2, 0.25) is 0 Å². The number of rotatable bonds is 3. The molecule has 0 unspecified atom stereocenters. The maximum atomic E-state index is 13.2.